The van der Waals surface area contributed by atoms with Gasteiger partial charge in [0.2, 0.25) is 0 Å². The molecule has 22 heavy (non-hydrogen) atoms. The molecule has 124 valence electrons. The Hall–Kier alpha value is -1.22. The fourth-order valence-electron chi connectivity index (χ4n) is 2.26. The lowest BCUT2D eigenvalue weighted by molar-refractivity contribution is -0.380. The zero-order valence-corrected chi connectivity index (χ0v) is 13.7. The number of rotatable bonds is 6. The molecule has 7 nitrogen and oxygen atoms in total. The number of hydrogen-bond donors (Lipinski definition) is 1. The lowest BCUT2D eigenvalue weighted by atomic mass is 10.1. The van der Waals surface area contributed by atoms with Crippen molar-refractivity contribution in [2.24, 2.45) is 5.73 Å². The SMILES string of the molecule is Cl.NCCCOC1CCN(C(=O)c2ccc([N+](=O)[O-])s2)CC1. The first-order valence-electron chi connectivity index (χ1n) is 6.97. The average molecular weight is 350 g/mol. The van der Waals surface area contributed by atoms with E-state index in [0.29, 0.717) is 31.1 Å². The second-order valence-electron chi connectivity index (χ2n) is 4.90. The Kier molecular flexibility index (Phi) is 7.74. The number of ether oxygens (including phenoxy) is 1. The fourth-order valence-corrected chi connectivity index (χ4v) is 3.04. The summed E-state index contributed by atoms with van der Waals surface area (Å²) in [5, 5.41) is 10.6. The molecule has 0 atom stereocenters. The number of piperidine rings is 1. The molecule has 1 fully saturated rings. The van der Waals surface area contributed by atoms with Crippen LogP contribution in [0.3, 0.4) is 0 Å². The summed E-state index contributed by atoms with van der Waals surface area (Å²) in [6.07, 6.45) is 2.62. The first-order chi connectivity index (χ1) is 10.1. The maximum atomic E-state index is 12.3. The van der Waals surface area contributed by atoms with Crippen molar-refractivity contribution in [2.75, 3.05) is 26.2 Å². The van der Waals surface area contributed by atoms with Crippen LogP contribution in [0.5, 0.6) is 0 Å². The highest BCUT2D eigenvalue weighted by Gasteiger charge is 2.26. The molecule has 1 aliphatic heterocycles. The molecule has 0 spiro atoms. The monoisotopic (exact) mass is 349 g/mol. The van der Waals surface area contributed by atoms with Gasteiger partial charge in [-0.15, -0.1) is 12.4 Å². The van der Waals surface area contributed by atoms with E-state index in [9.17, 15) is 14.9 Å². The van der Waals surface area contributed by atoms with Crippen molar-refractivity contribution in [3.63, 3.8) is 0 Å². The van der Waals surface area contributed by atoms with Gasteiger partial charge in [0.05, 0.1) is 15.9 Å². The van der Waals surface area contributed by atoms with E-state index in [4.69, 9.17) is 10.5 Å². The minimum atomic E-state index is -0.473. The van der Waals surface area contributed by atoms with Crippen molar-refractivity contribution < 1.29 is 14.5 Å². The zero-order valence-electron chi connectivity index (χ0n) is 12.1. The van der Waals surface area contributed by atoms with Crippen LogP contribution in [0.2, 0.25) is 0 Å². The number of thiophene rings is 1. The lowest BCUT2D eigenvalue weighted by Gasteiger charge is -2.31. The number of amides is 1. The number of hydrogen-bond acceptors (Lipinski definition) is 6. The van der Waals surface area contributed by atoms with Crippen LogP contribution in [-0.4, -0.2) is 48.1 Å². The number of nitrogens with two attached hydrogens (primary N) is 1. The van der Waals surface area contributed by atoms with E-state index in [1.165, 1.54) is 12.1 Å². The largest absolute Gasteiger partial charge is 0.378 e. The molecule has 0 aliphatic carbocycles. The van der Waals surface area contributed by atoms with E-state index in [-0.39, 0.29) is 29.4 Å². The summed E-state index contributed by atoms with van der Waals surface area (Å²) >= 11 is 0.925. The molecule has 0 radical (unpaired) electrons. The predicted octanol–water partition coefficient (Wildman–Crippen LogP) is 2.05. The molecule has 2 rings (SSSR count). The van der Waals surface area contributed by atoms with Crippen LogP contribution in [0.25, 0.3) is 0 Å². The van der Waals surface area contributed by atoms with Gasteiger partial charge in [-0.1, -0.05) is 11.3 Å². The number of nitro groups is 1. The van der Waals surface area contributed by atoms with Gasteiger partial charge in [-0.3, -0.25) is 14.9 Å². The quantitative estimate of drug-likeness (QED) is 0.481. The molecule has 9 heteroatoms. The molecule has 1 aliphatic rings. The van der Waals surface area contributed by atoms with Crippen LogP contribution in [0, 0.1) is 10.1 Å². The Balaban J connectivity index is 0.00000242. The molecule has 2 N–H and O–H groups in total. The van der Waals surface area contributed by atoms with Gasteiger partial charge < -0.3 is 15.4 Å². The molecular weight excluding hydrogens is 330 g/mol. The minimum Gasteiger partial charge on any atom is -0.378 e. The van der Waals surface area contributed by atoms with Crippen molar-refractivity contribution in [3.8, 4) is 0 Å². The van der Waals surface area contributed by atoms with Gasteiger partial charge in [0.15, 0.2) is 0 Å². The standard InChI is InChI=1S/C13H19N3O4S.ClH/c14-6-1-9-20-10-4-7-15(8-5-10)13(17)11-2-3-12(21-11)16(18)19;/h2-3,10H,1,4-9,14H2;1H. The summed E-state index contributed by atoms with van der Waals surface area (Å²) in [4.78, 5) is 24.6. The number of carbonyl (C=O) groups is 1. The lowest BCUT2D eigenvalue weighted by Crippen LogP contribution is -2.40. The number of carbonyl (C=O) groups excluding carboxylic acids is 1. The Morgan fingerprint density at radius 2 is 2.14 bits per heavy atom. The Morgan fingerprint density at radius 1 is 1.45 bits per heavy atom. The van der Waals surface area contributed by atoms with Gasteiger partial charge >= 0.3 is 5.00 Å². The highest BCUT2D eigenvalue weighted by atomic mass is 35.5. The number of likely N-dealkylation sites (tertiary alicyclic amines) is 1. The highest BCUT2D eigenvalue weighted by Crippen LogP contribution is 2.26. The molecule has 0 saturated carbocycles. The van der Waals surface area contributed by atoms with Crippen molar-refractivity contribution in [1.29, 1.82) is 0 Å². The molecule has 2 heterocycles. The topological polar surface area (TPSA) is 98.7 Å². The van der Waals surface area contributed by atoms with Crippen LogP contribution in [-0.2, 0) is 4.74 Å². The first-order valence-corrected chi connectivity index (χ1v) is 7.78. The fraction of sp³-hybridized carbons (Fsp3) is 0.615. The molecular formula is C13H20ClN3O4S. The molecule has 0 unspecified atom stereocenters. The molecule has 1 amide bonds. The molecule has 1 saturated heterocycles. The normalized spacial score (nSPS) is 15.4. The third kappa shape index (κ3) is 4.91. The number of halogens is 1. The predicted molar refractivity (Wildman–Crippen MR) is 86.8 cm³/mol. The van der Waals surface area contributed by atoms with Crippen molar-refractivity contribution in [2.45, 2.75) is 25.4 Å². The second-order valence-corrected chi connectivity index (χ2v) is 5.96. The molecule has 1 aromatic heterocycles. The Morgan fingerprint density at radius 3 is 2.68 bits per heavy atom. The Labute approximate surface area is 139 Å². The third-order valence-electron chi connectivity index (χ3n) is 3.41. The zero-order chi connectivity index (χ0) is 15.2. The Bertz CT molecular complexity index is 503. The van der Waals surface area contributed by atoms with Crippen LogP contribution in [0.4, 0.5) is 5.00 Å². The average Bonchev–Trinajstić information content (AvgIpc) is 2.97. The van der Waals surface area contributed by atoms with E-state index >= 15 is 0 Å². The molecule has 0 aromatic carbocycles. The van der Waals surface area contributed by atoms with Gasteiger partial charge in [-0.05, 0) is 31.9 Å². The minimum absolute atomic E-state index is 0. The van der Waals surface area contributed by atoms with E-state index < -0.39 is 4.92 Å². The van der Waals surface area contributed by atoms with Crippen molar-refractivity contribution in [1.82, 2.24) is 4.90 Å². The van der Waals surface area contributed by atoms with E-state index in [1.807, 2.05) is 0 Å². The van der Waals surface area contributed by atoms with E-state index in [2.05, 4.69) is 0 Å². The first kappa shape index (κ1) is 18.8. The summed E-state index contributed by atoms with van der Waals surface area (Å²) in [7, 11) is 0. The van der Waals surface area contributed by atoms with Gasteiger partial charge in [-0.2, -0.15) is 0 Å². The van der Waals surface area contributed by atoms with Gasteiger partial charge in [-0.25, -0.2) is 0 Å². The van der Waals surface area contributed by atoms with Gasteiger partial charge in [0, 0.05) is 25.8 Å². The summed E-state index contributed by atoms with van der Waals surface area (Å²) in [6.45, 7) is 2.52. The van der Waals surface area contributed by atoms with Gasteiger partial charge in [0.1, 0.15) is 0 Å². The highest BCUT2D eigenvalue weighted by molar-refractivity contribution is 7.17. The summed E-state index contributed by atoms with van der Waals surface area (Å²) < 4.78 is 5.69. The smallest absolute Gasteiger partial charge is 0.324 e. The third-order valence-corrected chi connectivity index (χ3v) is 4.44. The van der Waals surface area contributed by atoms with Crippen LogP contribution < -0.4 is 5.73 Å². The maximum Gasteiger partial charge on any atom is 0.324 e. The summed E-state index contributed by atoms with van der Waals surface area (Å²) in [5.74, 6) is -0.131. The molecule has 1 aromatic rings. The maximum absolute atomic E-state index is 12.3. The van der Waals surface area contributed by atoms with Crippen molar-refractivity contribution in [3.05, 3.63) is 27.1 Å². The number of nitrogens with zero attached hydrogens (tertiary/aromatic N) is 2. The van der Waals surface area contributed by atoms with Gasteiger partial charge in [0.25, 0.3) is 5.91 Å². The van der Waals surface area contributed by atoms with E-state index in [1.54, 1.807) is 4.90 Å². The summed E-state index contributed by atoms with van der Waals surface area (Å²) in [6, 6.07) is 2.90. The molecule has 0 bridgehead atoms. The second kappa shape index (κ2) is 9.04. The van der Waals surface area contributed by atoms with Crippen LogP contribution in [0.1, 0.15) is 28.9 Å². The van der Waals surface area contributed by atoms with Crippen LogP contribution in [0.15, 0.2) is 12.1 Å². The van der Waals surface area contributed by atoms with E-state index in [0.717, 1.165) is 30.6 Å². The van der Waals surface area contributed by atoms with Crippen molar-refractivity contribution >= 4 is 34.7 Å². The summed E-state index contributed by atoms with van der Waals surface area (Å²) in [5.41, 5.74) is 5.41. The van der Waals surface area contributed by atoms with Crippen LogP contribution >= 0.6 is 23.7 Å².